The zero-order valence-electron chi connectivity index (χ0n) is 9.95. The highest BCUT2D eigenvalue weighted by molar-refractivity contribution is 7.88. The van der Waals surface area contributed by atoms with Crippen molar-refractivity contribution in [1.29, 1.82) is 0 Å². The molecule has 0 atom stereocenters. The maximum absolute atomic E-state index is 11.0. The van der Waals surface area contributed by atoms with Crippen LogP contribution in [0.5, 0.6) is 0 Å². The summed E-state index contributed by atoms with van der Waals surface area (Å²) in [6.45, 7) is 0. The van der Waals surface area contributed by atoms with Crippen LogP contribution >= 0.6 is 11.3 Å². The third-order valence-corrected chi connectivity index (χ3v) is 5.29. The molecule has 1 N–H and O–H groups in total. The molecule has 0 spiro atoms. The Labute approximate surface area is 113 Å². The van der Waals surface area contributed by atoms with E-state index in [4.69, 9.17) is 0 Å². The number of aryl methyl sites for hydroxylation is 1. The van der Waals surface area contributed by atoms with Gasteiger partial charge in [0.2, 0.25) is 0 Å². The molecular weight excluding hydrogens is 284 g/mol. The highest BCUT2D eigenvalue weighted by atomic mass is 32.3. The summed E-state index contributed by atoms with van der Waals surface area (Å²) in [4.78, 5) is 3.94. The molecule has 0 radical (unpaired) electrons. The molecule has 0 aliphatic carbocycles. The van der Waals surface area contributed by atoms with E-state index >= 15 is 0 Å². The largest absolute Gasteiger partial charge is 0.743 e. The molecule has 2 heterocycles. The van der Waals surface area contributed by atoms with Gasteiger partial charge in [0.1, 0.15) is 19.2 Å². The second-order valence-electron chi connectivity index (χ2n) is 4.12. The molecule has 0 unspecified atom stereocenters. The van der Waals surface area contributed by atoms with Crippen LogP contribution in [0.3, 0.4) is 0 Å². The van der Waals surface area contributed by atoms with Gasteiger partial charge in [0.25, 0.3) is 5.82 Å². The topological polar surface area (TPSA) is 76.9 Å². The summed E-state index contributed by atoms with van der Waals surface area (Å²) in [5.74, 6) is 0.779. The first-order chi connectivity index (χ1) is 8.97. The summed E-state index contributed by atoms with van der Waals surface area (Å²) < 4.78 is 34.7. The van der Waals surface area contributed by atoms with E-state index < -0.39 is 10.1 Å². The average molecular weight is 294 g/mol. The number of H-pyrrole nitrogens is 1. The second kappa shape index (κ2) is 4.16. The summed E-state index contributed by atoms with van der Waals surface area (Å²) in [7, 11) is -2.50. The van der Waals surface area contributed by atoms with Crippen molar-refractivity contribution in [3.8, 4) is 10.7 Å². The molecule has 0 aliphatic heterocycles. The standard InChI is InChI=1S/C12H10N2O3S2/c1-14-9-5-3-2-4-8(9)13-12(14)10-6-7-11(18-10)19(15,16)17/h2-7H,1H3,(H,15,16,17). The molecule has 0 bridgehead atoms. The van der Waals surface area contributed by atoms with Gasteiger partial charge in [-0.15, -0.1) is 11.3 Å². The fourth-order valence-corrected chi connectivity index (χ4v) is 3.70. The van der Waals surface area contributed by atoms with Crippen LogP contribution in [0.1, 0.15) is 0 Å². The molecule has 3 rings (SSSR count). The van der Waals surface area contributed by atoms with Crippen LogP contribution in [0.25, 0.3) is 21.7 Å². The number of para-hydroxylation sites is 2. The van der Waals surface area contributed by atoms with Crippen LogP contribution in [0.2, 0.25) is 0 Å². The first-order valence-electron chi connectivity index (χ1n) is 5.49. The average Bonchev–Trinajstić information content (AvgIpc) is 2.94. The smallest absolute Gasteiger partial charge is 0.297 e. The van der Waals surface area contributed by atoms with Crippen LogP contribution in [0.15, 0.2) is 40.6 Å². The van der Waals surface area contributed by atoms with Gasteiger partial charge in [-0.05, 0) is 24.3 Å². The van der Waals surface area contributed by atoms with Crippen molar-refractivity contribution in [2.75, 3.05) is 0 Å². The third-order valence-electron chi connectivity index (χ3n) is 2.92. The van der Waals surface area contributed by atoms with Gasteiger partial charge in [-0.3, -0.25) is 0 Å². The van der Waals surface area contributed by atoms with Crippen molar-refractivity contribution in [2.45, 2.75) is 4.21 Å². The van der Waals surface area contributed by atoms with Crippen molar-refractivity contribution in [3.63, 3.8) is 0 Å². The Morgan fingerprint density at radius 2 is 1.95 bits per heavy atom. The lowest BCUT2D eigenvalue weighted by Gasteiger charge is -2.00. The highest BCUT2D eigenvalue weighted by Gasteiger charge is 2.19. The normalized spacial score (nSPS) is 12.1. The Balaban J connectivity index is 2.20. The van der Waals surface area contributed by atoms with Gasteiger partial charge >= 0.3 is 0 Å². The quantitative estimate of drug-likeness (QED) is 0.576. The number of rotatable bonds is 2. The van der Waals surface area contributed by atoms with Gasteiger partial charge in [0.15, 0.2) is 11.0 Å². The van der Waals surface area contributed by atoms with E-state index in [2.05, 4.69) is 4.98 Å². The third kappa shape index (κ3) is 2.05. The van der Waals surface area contributed by atoms with Crippen molar-refractivity contribution in [3.05, 3.63) is 36.4 Å². The number of nitrogens with zero attached hydrogens (tertiary/aromatic N) is 1. The van der Waals surface area contributed by atoms with E-state index in [9.17, 15) is 13.0 Å². The maximum Gasteiger partial charge on any atom is 0.297 e. The Bertz CT molecular complexity index is 862. The summed E-state index contributed by atoms with van der Waals surface area (Å²) >= 11 is 0.970. The molecule has 7 heteroatoms. The number of hydrogen-bond acceptors (Lipinski definition) is 4. The van der Waals surface area contributed by atoms with Crippen molar-refractivity contribution < 1.29 is 17.5 Å². The van der Waals surface area contributed by atoms with Gasteiger partial charge in [-0.2, -0.15) is 0 Å². The van der Waals surface area contributed by atoms with Crippen molar-refractivity contribution in [1.82, 2.24) is 4.98 Å². The monoisotopic (exact) mass is 294 g/mol. The minimum Gasteiger partial charge on any atom is -0.743 e. The highest BCUT2D eigenvalue weighted by Crippen LogP contribution is 2.28. The lowest BCUT2D eigenvalue weighted by atomic mass is 10.3. The molecule has 0 aliphatic rings. The number of benzene rings is 1. The van der Waals surface area contributed by atoms with E-state index in [-0.39, 0.29) is 4.21 Å². The van der Waals surface area contributed by atoms with Gasteiger partial charge in [-0.25, -0.2) is 18.0 Å². The van der Waals surface area contributed by atoms with Gasteiger partial charge < -0.3 is 4.55 Å². The molecule has 2 aromatic heterocycles. The number of aromatic nitrogens is 2. The molecule has 5 nitrogen and oxygen atoms in total. The SMILES string of the molecule is C[n+]1c(-c2ccc(S(=O)(=O)[O-])s2)[nH]c2ccccc21. The van der Waals surface area contributed by atoms with Gasteiger partial charge in [0.05, 0.1) is 7.05 Å². The molecule has 19 heavy (non-hydrogen) atoms. The Morgan fingerprint density at radius 3 is 2.58 bits per heavy atom. The van der Waals surface area contributed by atoms with Crippen molar-refractivity contribution in [2.24, 2.45) is 7.05 Å². The summed E-state index contributed by atoms with van der Waals surface area (Å²) in [5, 5.41) is 0. The van der Waals surface area contributed by atoms with E-state index in [1.165, 1.54) is 6.07 Å². The first-order valence-corrected chi connectivity index (χ1v) is 7.72. The number of nitrogens with one attached hydrogen (secondary N) is 1. The van der Waals surface area contributed by atoms with E-state index in [1.54, 1.807) is 6.07 Å². The summed E-state index contributed by atoms with van der Waals surface area (Å²) in [5.41, 5.74) is 1.97. The zero-order valence-corrected chi connectivity index (χ0v) is 11.6. The van der Waals surface area contributed by atoms with Crippen LogP contribution in [0, 0.1) is 0 Å². The van der Waals surface area contributed by atoms with Crippen molar-refractivity contribution >= 4 is 32.5 Å². The number of thiophene rings is 1. The summed E-state index contributed by atoms with van der Waals surface area (Å²) in [6.07, 6.45) is 0. The zero-order chi connectivity index (χ0) is 13.6. The molecule has 0 fully saturated rings. The number of imidazole rings is 1. The van der Waals surface area contributed by atoms with Crippen LogP contribution < -0.4 is 4.57 Å². The Morgan fingerprint density at radius 1 is 1.21 bits per heavy atom. The fraction of sp³-hybridized carbons (Fsp3) is 0.0833. The predicted octanol–water partition coefficient (Wildman–Crippen LogP) is 1.62. The van der Waals surface area contributed by atoms with Crippen LogP contribution in [-0.4, -0.2) is 18.0 Å². The number of fused-ring (bicyclic) bond motifs is 1. The van der Waals surface area contributed by atoms with Crippen LogP contribution in [-0.2, 0) is 17.2 Å². The molecule has 3 aromatic rings. The minimum absolute atomic E-state index is 0.166. The molecule has 98 valence electrons. The second-order valence-corrected chi connectivity index (χ2v) is 6.81. The maximum atomic E-state index is 11.0. The predicted molar refractivity (Wildman–Crippen MR) is 70.8 cm³/mol. The van der Waals surface area contributed by atoms with Gasteiger partial charge in [0, 0.05) is 0 Å². The first kappa shape index (κ1) is 12.3. The number of hydrogen-bond donors (Lipinski definition) is 1. The minimum atomic E-state index is -4.39. The molecule has 0 saturated carbocycles. The fourth-order valence-electron chi connectivity index (χ4n) is 2.01. The number of aromatic amines is 1. The molecule has 0 amide bonds. The van der Waals surface area contributed by atoms with E-state index in [1.807, 2.05) is 35.9 Å². The van der Waals surface area contributed by atoms with Crippen LogP contribution in [0.4, 0.5) is 0 Å². The lowest BCUT2D eigenvalue weighted by molar-refractivity contribution is -0.633. The van der Waals surface area contributed by atoms with E-state index in [0.29, 0.717) is 4.88 Å². The van der Waals surface area contributed by atoms with Gasteiger partial charge in [-0.1, -0.05) is 12.1 Å². The molecular formula is C12H10N2O3S2. The van der Waals surface area contributed by atoms with E-state index in [0.717, 1.165) is 28.2 Å². The molecule has 1 aromatic carbocycles. The Kier molecular flexibility index (Phi) is 2.70. The molecule has 0 saturated heterocycles. The Hall–Kier alpha value is -1.70. The lowest BCUT2D eigenvalue weighted by Crippen LogP contribution is -2.28. The summed E-state index contributed by atoms with van der Waals surface area (Å²) in [6, 6.07) is 10.7.